The van der Waals surface area contributed by atoms with Crippen LogP contribution in [0.15, 0.2) is 59.0 Å². The van der Waals surface area contributed by atoms with Crippen LogP contribution in [0.2, 0.25) is 0 Å². The molecule has 3 aromatic rings. The topological polar surface area (TPSA) is 69.0 Å². The highest BCUT2D eigenvalue weighted by molar-refractivity contribution is 5.96. The van der Waals surface area contributed by atoms with E-state index >= 15 is 0 Å². The predicted octanol–water partition coefficient (Wildman–Crippen LogP) is 2.57. The molecule has 0 spiro atoms. The second-order valence-corrected chi connectivity index (χ2v) is 8.05. The molecule has 1 fully saturated rings. The number of anilines is 1. The van der Waals surface area contributed by atoms with Gasteiger partial charge in [-0.05, 0) is 29.8 Å². The van der Waals surface area contributed by atoms with Crippen LogP contribution in [0.1, 0.15) is 16.1 Å². The number of carbonyl (C=O) groups is 2. The zero-order chi connectivity index (χ0) is 21.8. The highest BCUT2D eigenvalue weighted by Gasteiger charge is 2.25. The van der Waals surface area contributed by atoms with Gasteiger partial charge >= 0.3 is 0 Å². The molecule has 1 aliphatic rings. The maximum absolute atomic E-state index is 12.8. The minimum absolute atomic E-state index is 0.00579. The van der Waals surface area contributed by atoms with E-state index < -0.39 is 0 Å². The smallest absolute Gasteiger partial charge is 0.289 e. The molecule has 2 aromatic carbocycles. The Morgan fingerprint density at radius 3 is 2.39 bits per heavy atom. The summed E-state index contributed by atoms with van der Waals surface area (Å²) >= 11 is 0. The number of rotatable bonds is 6. The van der Waals surface area contributed by atoms with Gasteiger partial charge in [0.15, 0.2) is 5.76 Å². The quantitative estimate of drug-likeness (QED) is 0.664. The van der Waals surface area contributed by atoms with E-state index in [9.17, 15) is 9.59 Å². The van der Waals surface area contributed by atoms with E-state index in [1.807, 2.05) is 67.5 Å². The lowest BCUT2D eigenvalue weighted by Gasteiger charge is -2.33. The first-order chi connectivity index (χ1) is 15.0. The first-order valence-electron chi connectivity index (χ1n) is 10.5. The minimum Gasteiger partial charge on any atom is -0.451 e. The van der Waals surface area contributed by atoms with E-state index in [1.54, 1.807) is 11.0 Å². The molecule has 0 aliphatic carbocycles. The number of amides is 2. The largest absolute Gasteiger partial charge is 0.451 e. The van der Waals surface area contributed by atoms with Crippen LogP contribution in [0.5, 0.6) is 0 Å². The van der Waals surface area contributed by atoms with Crippen LogP contribution in [0.4, 0.5) is 5.69 Å². The molecule has 0 radical (unpaired) electrons. The lowest BCUT2D eigenvalue weighted by atomic mass is 10.2. The number of nitrogens with zero attached hydrogens (tertiary/aromatic N) is 3. The van der Waals surface area contributed by atoms with Gasteiger partial charge in [-0.1, -0.05) is 30.3 Å². The Morgan fingerprint density at radius 2 is 1.71 bits per heavy atom. The van der Waals surface area contributed by atoms with E-state index in [1.165, 1.54) is 0 Å². The van der Waals surface area contributed by atoms with Gasteiger partial charge in [-0.3, -0.25) is 14.5 Å². The molecular weight excluding hydrogens is 392 g/mol. The SMILES string of the molecule is CN(C)c1ccc(CNC(=O)CN2CCN(C(=O)c3cc4ccccc4o3)CC2)cc1. The summed E-state index contributed by atoms with van der Waals surface area (Å²) in [6.45, 7) is 3.33. The third-order valence-corrected chi connectivity index (χ3v) is 5.61. The lowest BCUT2D eigenvalue weighted by molar-refractivity contribution is -0.122. The van der Waals surface area contributed by atoms with Crippen molar-refractivity contribution in [1.29, 1.82) is 0 Å². The van der Waals surface area contributed by atoms with E-state index in [4.69, 9.17) is 4.42 Å². The fraction of sp³-hybridized carbons (Fsp3) is 0.333. The summed E-state index contributed by atoms with van der Waals surface area (Å²) in [5.41, 5.74) is 2.92. The van der Waals surface area contributed by atoms with Gasteiger partial charge in [-0.25, -0.2) is 0 Å². The Labute approximate surface area is 182 Å². The summed E-state index contributed by atoms with van der Waals surface area (Å²) in [6.07, 6.45) is 0. The molecule has 2 heterocycles. The molecule has 4 rings (SSSR count). The molecule has 1 saturated heterocycles. The number of fused-ring (bicyclic) bond motifs is 1. The second-order valence-electron chi connectivity index (χ2n) is 8.05. The average molecular weight is 421 g/mol. The van der Waals surface area contributed by atoms with E-state index in [0.717, 1.165) is 22.2 Å². The number of benzene rings is 2. The molecular formula is C24H28N4O3. The monoisotopic (exact) mass is 420 g/mol. The Bertz CT molecular complexity index is 1020. The van der Waals surface area contributed by atoms with Gasteiger partial charge in [0.2, 0.25) is 5.91 Å². The van der Waals surface area contributed by atoms with Crippen molar-refractivity contribution in [3.63, 3.8) is 0 Å². The number of carbonyl (C=O) groups excluding carboxylic acids is 2. The summed E-state index contributed by atoms with van der Waals surface area (Å²) in [7, 11) is 4.00. The Morgan fingerprint density at radius 1 is 1.00 bits per heavy atom. The minimum atomic E-state index is -0.0959. The summed E-state index contributed by atoms with van der Waals surface area (Å²) in [5.74, 6) is 0.267. The van der Waals surface area contributed by atoms with E-state index in [0.29, 0.717) is 45.0 Å². The summed E-state index contributed by atoms with van der Waals surface area (Å²) < 4.78 is 5.70. The molecule has 0 saturated carbocycles. The van der Waals surface area contributed by atoms with Gasteiger partial charge in [-0.2, -0.15) is 0 Å². The molecule has 7 nitrogen and oxygen atoms in total. The molecule has 31 heavy (non-hydrogen) atoms. The summed E-state index contributed by atoms with van der Waals surface area (Å²) in [6, 6.07) is 17.5. The van der Waals surface area contributed by atoms with Crippen molar-refractivity contribution in [2.75, 3.05) is 51.7 Å². The molecule has 162 valence electrons. The molecule has 1 N–H and O–H groups in total. The molecule has 1 aromatic heterocycles. The average Bonchev–Trinajstić information content (AvgIpc) is 3.22. The second kappa shape index (κ2) is 9.22. The number of para-hydroxylation sites is 1. The van der Waals surface area contributed by atoms with Crippen LogP contribution >= 0.6 is 0 Å². The van der Waals surface area contributed by atoms with Crippen LogP contribution in [-0.2, 0) is 11.3 Å². The maximum atomic E-state index is 12.8. The molecule has 0 unspecified atom stereocenters. The van der Waals surface area contributed by atoms with Crippen molar-refractivity contribution in [2.45, 2.75) is 6.54 Å². The number of hydrogen-bond donors (Lipinski definition) is 1. The van der Waals surface area contributed by atoms with Crippen molar-refractivity contribution >= 4 is 28.5 Å². The number of furan rings is 1. The first kappa shape index (κ1) is 20.9. The highest BCUT2D eigenvalue weighted by Crippen LogP contribution is 2.20. The van der Waals surface area contributed by atoms with Gasteiger partial charge in [0.25, 0.3) is 5.91 Å². The van der Waals surface area contributed by atoms with Gasteiger partial charge < -0.3 is 19.5 Å². The summed E-state index contributed by atoms with van der Waals surface area (Å²) in [5, 5.41) is 3.91. The van der Waals surface area contributed by atoms with Gasteiger partial charge in [0.05, 0.1) is 6.54 Å². The molecule has 0 atom stereocenters. The number of nitrogens with one attached hydrogen (secondary N) is 1. The zero-order valence-corrected chi connectivity index (χ0v) is 18.0. The standard InChI is InChI=1S/C24H28N4O3/c1-26(2)20-9-7-18(8-10-20)16-25-23(29)17-27-11-13-28(14-12-27)24(30)22-15-19-5-3-4-6-21(19)31-22/h3-10,15H,11-14,16-17H2,1-2H3,(H,25,29). The van der Waals surface area contributed by atoms with Crippen molar-refractivity contribution in [3.8, 4) is 0 Å². The normalized spacial score (nSPS) is 14.6. The van der Waals surface area contributed by atoms with Crippen molar-refractivity contribution in [2.24, 2.45) is 0 Å². The lowest BCUT2D eigenvalue weighted by Crippen LogP contribution is -2.51. The fourth-order valence-corrected chi connectivity index (χ4v) is 3.72. The molecule has 1 aliphatic heterocycles. The van der Waals surface area contributed by atoms with E-state index in [2.05, 4.69) is 10.2 Å². The third-order valence-electron chi connectivity index (χ3n) is 5.61. The first-order valence-corrected chi connectivity index (χ1v) is 10.5. The van der Waals surface area contributed by atoms with E-state index in [-0.39, 0.29) is 11.8 Å². The molecule has 2 amide bonds. The van der Waals surface area contributed by atoms with Crippen molar-refractivity contribution in [1.82, 2.24) is 15.1 Å². The summed E-state index contributed by atoms with van der Waals surface area (Å²) in [4.78, 5) is 31.0. The Kier molecular flexibility index (Phi) is 6.23. The van der Waals surface area contributed by atoms with Crippen LogP contribution in [0.3, 0.4) is 0 Å². The van der Waals surface area contributed by atoms with Crippen molar-refractivity contribution in [3.05, 3.63) is 65.9 Å². The zero-order valence-electron chi connectivity index (χ0n) is 18.0. The predicted molar refractivity (Wildman–Crippen MR) is 121 cm³/mol. The van der Waals surface area contributed by atoms with Crippen LogP contribution in [0, 0.1) is 0 Å². The van der Waals surface area contributed by atoms with Crippen LogP contribution in [0.25, 0.3) is 11.0 Å². The Hall–Kier alpha value is -3.32. The molecule has 7 heteroatoms. The number of hydrogen-bond acceptors (Lipinski definition) is 5. The maximum Gasteiger partial charge on any atom is 0.289 e. The van der Waals surface area contributed by atoms with Crippen molar-refractivity contribution < 1.29 is 14.0 Å². The van der Waals surface area contributed by atoms with Gasteiger partial charge in [0.1, 0.15) is 5.58 Å². The van der Waals surface area contributed by atoms with Crippen LogP contribution < -0.4 is 10.2 Å². The number of piperazine rings is 1. The van der Waals surface area contributed by atoms with Gasteiger partial charge in [-0.15, -0.1) is 0 Å². The fourth-order valence-electron chi connectivity index (χ4n) is 3.72. The highest BCUT2D eigenvalue weighted by atomic mass is 16.3. The molecule has 0 bridgehead atoms. The Balaban J connectivity index is 1.23. The van der Waals surface area contributed by atoms with Crippen LogP contribution in [-0.4, -0.2) is 68.4 Å². The third kappa shape index (κ3) is 5.06. The van der Waals surface area contributed by atoms with Gasteiger partial charge in [0, 0.05) is 57.9 Å².